The lowest BCUT2D eigenvalue weighted by Crippen LogP contribution is -2.44. The van der Waals surface area contributed by atoms with Crippen molar-refractivity contribution in [3.8, 4) is 6.07 Å². The molecule has 4 heteroatoms. The SMILES string of the molecule is CCNC(C)(C#N)CC(C)OC(C)COCC. The highest BCUT2D eigenvalue weighted by Crippen LogP contribution is 2.15. The zero-order valence-corrected chi connectivity index (χ0v) is 11.7. The fourth-order valence-electron chi connectivity index (χ4n) is 1.89. The second kappa shape index (κ2) is 8.46. The first-order chi connectivity index (χ1) is 7.97. The maximum atomic E-state index is 9.15. The fraction of sp³-hybridized carbons (Fsp3) is 0.923. The van der Waals surface area contributed by atoms with E-state index in [1.165, 1.54) is 0 Å². The lowest BCUT2D eigenvalue weighted by atomic mass is 9.96. The van der Waals surface area contributed by atoms with E-state index in [1.54, 1.807) is 0 Å². The van der Waals surface area contributed by atoms with Crippen LogP contribution in [0.15, 0.2) is 0 Å². The van der Waals surface area contributed by atoms with E-state index in [4.69, 9.17) is 14.7 Å². The van der Waals surface area contributed by atoms with Crippen molar-refractivity contribution in [1.29, 1.82) is 5.26 Å². The monoisotopic (exact) mass is 242 g/mol. The molecular weight excluding hydrogens is 216 g/mol. The molecule has 0 radical (unpaired) electrons. The van der Waals surface area contributed by atoms with Gasteiger partial charge >= 0.3 is 0 Å². The predicted molar refractivity (Wildman–Crippen MR) is 68.8 cm³/mol. The van der Waals surface area contributed by atoms with Crippen molar-refractivity contribution in [2.75, 3.05) is 19.8 Å². The van der Waals surface area contributed by atoms with Gasteiger partial charge < -0.3 is 9.47 Å². The Morgan fingerprint density at radius 3 is 2.41 bits per heavy atom. The van der Waals surface area contributed by atoms with E-state index >= 15 is 0 Å². The standard InChI is InChI=1S/C13H26N2O2/c1-6-15-13(5,10-14)8-11(3)17-12(4)9-16-7-2/h11-12,15H,6-9H2,1-5H3. The summed E-state index contributed by atoms with van der Waals surface area (Å²) in [7, 11) is 0. The fourth-order valence-corrected chi connectivity index (χ4v) is 1.89. The summed E-state index contributed by atoms with van der Waals surface area (Å²) in [6, 6.07) is 2.30. The van der Waals surface area contributed by atoms with Crippen LogP contribution >= 0.6 is 0 Å². The van der Waals surface area contributed by atoms with Crippen LogP contribution in [0.2, 0.25) is 0 Å². The molecule has 1 N–H and O–H groups in total. The maximum absolute atomic E-state index is 9.15. The van der Waals surface area contributed by atoms with Crippen molar-refractivity contribution in [3.63, 3.8) is 0 Å². The molecule has 4 nitrogen and oxygen atoms in total. The van der Waals surface area contributed by atoms with Crippen LogP contribution in [0.1, 0.15) is 41.0 Å². The van der Waals surface area contributed by atoms with Gasteiger partial charge in [-0.25, -0.2) is 0 Å². The summed E-state index contributed by atoms with van der Waals surface area (Å²) < 4.78 is 11.1. The van der Waals surface area contributed by atoms with E-state index < -0.39 is 5.54 Å². The second-order valence-corrected chi connectivity index (χ2v) is 4.60. The van der Waals surface area contributed by atoms with Crippen LogP contribution in [0, 0.1) is 11.3 Å². The van der Waals surface area contributed by atoms with E-state index in [0.29, 0.717) is 19.6 Å². The van der Waals surface area contributed by atoms with Gasteiger partial charge in [0.15, 0.2) is 0 Å². The highest BCUT2D eigenvalue weighted by Gasteiger charge is 2.26. The maximum Gasteiger partial charge on any atom is 0.106 e. The highest BCUT2D eigenvalue weighted by atomic mass is 16.5. The number of nitriles is 1. The van der Waals surface area contributed by atoms with E-state index in [0.717, 1.165) is 6.54 Å². The number of nitrogens with one attached hydrogen (secondary N) is 1. The zero-order chi connectivity index (χ0) is 13.3. The molecule has 0 aromatic rings. The number of ether oxygens (including phenoxy) is 2. The van der Waals surface area contributed by atoms with Crippen LogP contribution < -0.4 is 5.32 Å². The number of rotatable bonds is 9. The van der Waals surface area contributed by atoms with Gasteiger partial charge in [-0.3, -0.25) is 5.32 Å². The lowest BCUT2D eigenvalue weighted by Gasteiger charge is -2.27. The van der Waals surface area contributed by atoms with Crippen molar-refractivity contribution in [2.45, 2.75) is 58.8 Å². The molecule has 0 saturated carbocycles. The Balaban J connectivity index is 4.06. The minimum absolute atomic E-state index is 0.0363. The first-order valence-corrected chi connectivity index (χ1v) is 6.36. The topological polar surface area (TPSA) is 54.3 Å². The Bertz CT molecular complexity index is 240. The van der Waals surface area contributed by atoms with Crippen molar-refractivity contribution in [2.24, 2.45) is 0 Å². The number of hydrogen-bond donors (Lipinski definition) is 1. The van der Waals surface area contributed by atoms with Gasteiger partial charge in [-0.05, 0) is 34.2 Å². The van der Waals surface area contributed by atoms with Gasteiger partial charge in [0.2, 0.25) is 0 Å². The zero-order valence-electron chi connectivity index (χ0n) is 11.7. The van der Waals surface area contributed by atoms with Gasteiger partial charge in [0, 0.05) is 13.0 Å². The smallest absolute Gasteiger partial charge is 0.106 e. The Labute approximate surface area is 105 Å². The van der Waals surface area contributed by atoms with E-state index in [2.05, 4.69) is 11.4 Å². The summed E-state index contributed by atoms with van der Waals surface area (Å²) in [5, 5.41) is 12.3. The molecule has 0 aliphatic carbocycles. The first-order valence-electron chi connectivity index (χ1n) is 6.36. The summed E-state index contributed by atoms with van der Waals surface area (Å²) >= 11 is 0. The molecule has 0 aliphatic heterocycles. The van der Waals surface area contributed by atoms with E-state index in [9.17, 15) is 0 Å². The van der Waals surface area contributed by atoms with Gasteiger partial charge in [0.1, 0.15) is 5.54 Å². The molecule has 17 heavy (non-hydrogen) atoms. The molecule has 0 spiro atoms. The minimum Gasteiger partial charge on any atom is -0.379 e. The van der Waals surface area contributed by atoms with Gasteiger partial charge in [-0.1, -0.05) is 6.92 Å². The van der Waals surface area contributed by atoms with Gasteiger partial charge in [0.05, 0.1) is 24.9 Å². The third-order valence-corrected chi connectivity index (χ3v) is 2.53. The van der Waals surface area contributed by atoms with Crippen LogP contribution in [0.3, 0.4) is 0 Å². The van der Waals surface area contributed by atoms with Crippen molar-refractivity contribution < 1.29 is 9.47 Å². The third-order valence-electron chi connectivity index (χ3n) is 2.53. The Kier molecular flexibility index (Phi) is 8.15. The lowest BCUT2D eigenvalue weighted by molar-refractivity contribution is -0.0469. The normalized spacial score (nSPS) is 18.1. The molecule has 100 valence electrons. The van der Waals surface area contributed by atoms with E-state index in [-0.39, 0.29) is 12.2 Å². The van der Waals surface area contributed by atoms with Crippen molar-refractivity contribution in [1.82, 2.24) is 5.32 Å². The van der Waals surface area contributed by atoms with Crippen LogP contribution in [0.4, 0.5) is 0 Å². The predicted octanol–water partition coefficient (Wildman–Crippen LogP) is 2.10. The average molecular weight is 242 g/mol. The van der Waals surface area contributed by atoms with Crippen LogP contribution in [0.5, 0.6) is 0 Å². The largest absolute Gasteiger partial charge is 0.379 e. The van der Waals surface area contributed by atoms with Crippen LogP contribution in [-0.2, 0) is 9.47 Å². The molecule has 0 aromatic heterocycles. The highest BCUT2D eigenvalue weighted by molar-refractivity contribution is 5.04. The molecule has 0 rings (SSSR count). The molecule has 0 aromatic carbocycles. The molecular formula is C13H26N2O2. The van der Waals surface area contributed by atoms with Crippen LogP contribution in [0.25, 0.3) is 0 Å². The summed E-state index contributed by atoms with van der Waals surface area (Å²) in [4.78, 5) is 0. The van der Waals surface area contributed by atoms with Gasteiger partial charge in [-0.2, -0.15) is 5.26 Å². The van der Waals surface area contributed by atoms with Gasteiger partial charge in [0.25, 0.3) is 0 Å². The van der Waals surface area contributed by atoms with Gasteiger partial charge in [-0.15, -0.1) is 0 Å². The Morgan fingerprint density at radius 1 is 1.29 bits per heavy atom. The second-order valence-electron chi connectivity index (χ2n) is 4.60. The number of hydrogen-bond acceptors (Lipinski definition) is 4. The summed E-state index contributed by atoms with van der Waals surface area (Å²) in [6.45, 7) is 11.9. The van der Waals surface area contributed by atoms with E-state index in [1.807, 2.05) is 34.6 Å². The minimum atomic E-state index is -0.514. The number of nitrogens with zero attached hydrogens (tertiary/aromatic N) is 1. The first kappa shape index (κ1) is 16.4. The molecule has 3 unspecified atom stereocenters. The van der Waals surface area contributed by atoms with Crippen LogP contribution in [-0.4, -0.2) is 37.5 Å². The summed E-state index contributed by atoms with van der Waals surface area (Å²) in [5.41, 5.74) is -0.514. The van der Waals surface area contributed by atoms with Crippen molar-refractivity contribution >= 4 is 0 Å². The molecule has 0 amide bonds. The molecule has 0 heterocycles. The summed E-state index contributed by atoms with van der Waals surface area (Å²) in [5.74, 6) is 0. The molecule has 0 saturated heterocycles. The molecule has 0 bridgehead atoms. The molecule has 3 atom stereocenters. The average Bonchev–Trinajstić information content (AvgIpc) is 2.26. The molecule has 0 aliphatic rings. The summed E-state index contributed by atoms with van der Waals surface area (Å²) in [6.07, 6.45) is 0.775. The Hall–Kier alpha value is -0.630. The Morgan fingerprint density at radius 2 is 1.94 bits per heavy atom. The third kappa shape index (κ3) is 7.32. The molecule has 0 fully saturated rings. The quantitative estimate of drug-likeness (QED) is 0.672. The van der Waals surface area contributed by atoms with Crippen molar-refractivity contribution in [3.05, 3.63) is 0 Å².